The number of aryl methyl sites for hydroxylation is 3. The van der Waals surface area contributed by atoms with Crippen LogP contribution in [0, 0.1) is 13.8 Å². The van der Waals surface area contributed by atoms with Crippen molar-refractivity contribution >= 4 is 0 Å². The molecule has 1 aromatic carbocycles. The zero-order valence-electron chi connectivity index (χ0n) is 11.9. The van der Waals surface area contributed by atoms with Crippen molar-refractivity contribution in [3.05, 3.63) is 28.8 Å². The molecule has 0 N–H and O–H groups in total. The van der Waals surface area contributed by atoms with Crippen molar-refractivity contribution in [2.24, 2.45) is 0 Å². The number of methoxy groups -OCH3 is 1. The van der Waals surface area contributed by atoms with Crippen molar-refractivity contribution in [3.63, 3.8) is 0 Å². The Balaban J connectivity index is 2.42. The lowest BCUT2D eigenvalue weighted by Gasteiger charge is -2.13. The first kappa shape index (κ1) is 15.0. The first-order valence-corrected chi connectivity index (χ1v) is 6.48. The van der Waals surface area contributed by atoms with Crippen molar-refractivity contribution in [3.8, 4) is 5.75 Å². The fourth-order valence-corrected chi connectivity index (χ4v) is 1.92. The van der Waals surface area contributed by atoms with E-state index in [1.807, 2.05) is 0 Å². The van der Waals surface area contributed by atoms with Crippen LogP contribution in [-0.4, -0.2) is 33.5 Å². The minimum absolute atomic E-state index is 0.580. The molecule has 1 rings (SSSR count). The summed E-state index contributed by atoms with van der Waals surface area (Å²) < 4.78 is 16.1. The average molecular weight is 252 g/mol. The molecule has 1 aromatic rings. The van der Waals surface area contributed by atoms with Gasteiger partial charge < -0.3 is 14.2 Å². The third kappa shape index (κ3) is 4.67. The van der Waals surface area contributed by atoms with Gasteiger partial charge in [-0.1, -0.05) is 19.1 Å². The van der Waals surface area contributed by atoms with Crippen molar-refractivity contribution < 1.29 is 14.2 Å². The summed E-state index contributed by atoms with van der Waals surface area (Å²) in [6.07, 6.45) is 1.06. The van der Waals surface area contributed by atoms with Crippen LogP contribution in [-0.2, 0) is 15.9 Å². The second kappa shape index (κ2) is 8.11. The Bertz CT molecular complexity index is 338. The molecule has 102 valence electrons. The van der Waals surface area contributed by atoms with Gasteiger partial charge in [-0.2, -0.15) is 0 Å². The highest BCUT2D eigenvalue weighted by molar-refractivity contribution is 5.43. The Morgan fingerprint density at radius 1 is 0.944 bits per heavy atom. The molecule has 0 radical (unpaired) electrons. The van der Waals surface area contributed by atoms with Crippen LogP contribution in [0.25, 0.3) is 0 Å². The summed E-state index contributed by atoms with van der Waals surface area (Å²) in [6, 6.07) is 4.38. The summed E-state index contributed by atoms with van der Waals surface area (Å²) in [4.78, 5) is 0. The second-order valence-corrected chi connectivity index (χ2v) is 4.37. The van der Waals surface area contributed by atoms with Crippen LogP contribution in [0.1, 0.15) is 23.6 Å². The van der Waals surface area contributed by atoms with E-state index < -0.39 is 0 Å². The molecular formula is C15H24O3. The van der Waals surface area contributed by atoms with E-state index in [0.717, 1.165) is 12.2 Å². The summed E-state index contributed by atoms with van der Waals surface area (Å²) >= 11 is 0. The van der Waals surface area contributed by atoms with Gasteiger partial charge in [-0.15, -0.1) is 0 Å². The maximum Gasteiger partial charge on any atom is 0.125 e. The lowest BCUT2D eigenvalue weighted by Crippen LogP contribution is -2.11. The summed E-state index contributed by atoms with van der Waals surface area (Å²) in [5.41, 5.74) is 3.75. The van der Waals surface area contributed by atoms with Crippen molar-refractivity contribution in [1.29, 1.82) is 0 Å². The average Bonchev–Trinajstić information content (AvgIpc) is 2.35. The quantitative estimate of drug-likeness (QED) is 0.666. The molecule has 0 aromatic heterocycles. The summed E-state index contributed by atoms with van der Waals surface area (Å²) in [5, 5.41) is 0. The van der Waals surface area contributed by atoms with Crippen LogP contribution < -0.4 is 4.74 Å². The normalized spacial score (nSPS) is 10.7. The molecule has 0 heterocycles. The zero-order chi connectivity index (χ0) is 13.4. The Kier molecular flexibility index (Phi) is 6.76. The van der Waals surface area contributed by atoms with Crippen molar-refractivity contribution in [1.82, 2.24) is 0 Å². The number of ether oxygens (including phenoxy) is 3. The molecule has 3 heteroatoms. The van der Waals surface area contributed by atoms with E-state index in [-0.39, 0.29) is 0 Å². The van der Waals surface area contributed by atoms with E-state index in [1.165, 1.54) is 16.7 Å². The number of rotatable bonds is 8. The molecule has 3 nitrogen and oxygen atoms in total. The molecule has 0 unspecified atom stereocenters. The lowest BCUT2D eigenvalue weighted by molar-refractivity contribution is 0.0542. The Morgan fingerprint density at radius 3 is 2.11 bits per heavy atom. The van der Waals surface area contributed by atoms with Crippen LogP contribution >= 0.6 is 0 Å². The molecule has 0 aliphatic heterocycles. The van der Waals surface area contributed by atoms with E-state index in [1.54, 1.807) is 7.11 Å². The Labute approximate surface area is 110 Å². The van der Waals surface area contributed by atoms with Gasteiger partial charge >= 0.3 is 0 Å². The van der Waals surface area contributed by atoms with Gasteiger partial charge in [0.05, 0.1) is 19.8 Å². The van der Waals surface area contributed by atoms with E-state index >= 15 is 0 Å². The first-order valence-electron chi connectivity index (χ1n) is 6.48. The molecule has 0 atom stereocenters. The van der Waals surface area contributed by atoms with Crippen LogP contribution in [0.15, 0.2) is 12.1 Å². The standard InChI is InChI=1S/C15H24O3/c1-5-14-10-12(2)15(13(3)11-14)18-9-8-17-7-6-16-4/h10-11H,5-9H2,1-4H3. The van der Waals surface area contributed by atoms with E-state index in [4.69, 9.17) is 14.2 Å². The topological polar surface area (TPSA) is 27.7 Å². The SMILES string of the molecule is CCc1cc(C)c(OCCOCCOC)c(C)c1. The fourth-order valence-electron chi connectivity index (χ4n) is 1.92. The number of hydrogen-bond donors (Lipinski definition) is 0. The molecule has 0 fully saturated rings. The Hall–Kier alpha value is -1.06. The van der Waals surface area contributed by atoms with Gasteiger partial charge in [-0.3, -0.25) is 0 Å². The van der Waals surface area contributed by atoms with Crippen LogP contribution in [0.4, 0.5) is 0 Å². The minimum atomic E-state index is 0.580. The predicted molar refractivity (Wildman–Crippen MR) is 73.5 cm³/mol. The maximum atomic E-state index is 5.78. The molecule has 0 aliphatic carbocycles. The summed E-state index contributed by atoms with van der Waals surface area (Å²) in [7, 11) is 1.67. The molecule has 0 amide bonds. The lowest BCUT2D eigenvalue weighted by atomic mass is 10.0. The molecule has 0 saturated carbocycles. The van der Waals surface area contributed by atoms with Gasteiger partial charge in [0.2, 0.25) is 0 Å². The van der Waals surface area contributed by atoms with Gasteiger partial charge in [-0.25, -0.2) is 0 Å². The highest BCUT2D eigenvalue weighted by Gasteiger charge is 2.05. The fraction of sp³-hybridized carbons (Fsp3) is 0.600. The van der Waals surface area contributed by atoms with E-state index in [9.17, 15) is 0 Å². The van der Waals surface area contributed by atoms with E-state index in [2.05, 4.69) is 32.9 Å². The molecule has 0 bridgehead atoms. The molecule has 0 aliphatic rings. The van der Waals surface area contributed by atoms with Crippen molar-refractivity contribution in [2.75, 3.05) is 33.5 Å². The smallest absolute Gasteiger partial charge is 0.125 e. The summed E-state index contributed by atoms with van der Waals surface area (Å²) in [5.74, 6) is 0.988. The predicted octanol–water partition coefficient (Wildman–Crippen LogP) is 2.91. The second-order valence-electron chi connectivity index (χ2n) is 4.37. The zero-order valence-corrected chi connectivity index (χ0v) is 11.9. The van der Waals surface area contributed by atoms with Crippen LogP contribution in [0.2, 0.25) is 0 Å². The Morgan fingerprint density at radius 2 is 1.56 bits per heavy atom. The van der Waals surface area contributed by atoms with Gasteiger partial charge in [0, 0.05) is 7.11 Å². The van der Waals surface area contributed by atoms with Crippen LogP contribution in [0.3, 0.4) is 0 Å². The third-order valence-electron chi connectivity index (χ3n) is 2.83. The molecule has 0 saturated heterocycles. The van der Waals surface area contributed by atoms with Crippen LogP contribution in [0.5, 0.6) is 5.75 Å². The minimum Gasteiger partial charge on any atom is -0.491 e. The van der Waals surface area contributed by atoms with Gasteiger partial charge in [0.15, 0.2) is 0 Å². The molecule has 0 spiro atoms. The monoisotopic (exact) mass is 252 g/mol. The number of hydrogen-bond acceptors (Lipinski definition) is 3. The number of benzene rings is 1. The largest absolute Gasteiger partial charge is 0.491 e. The van der Waals surface area contributed by atoms with E-state index in [0.29, 0.717) is 26.4 Å². The van der Waals surface area contributed by atoms with Crippen molar-refractivity contribution in [2.45, 2.75) is 27.2 Å². The molecule has 18 heavy (non-hydrogen) atoms. The molecular weight excluding hydrogens is 228 g/mol. The third-order valence-corrected chi connectivity index (χ3v) is 2.83. The maximum absolute atomic E-state index is 5.78. The first-order chi connectivity index (χ1) is 8.69. The van der Waals surface area contributed by atoms with Gasteiger partial charge in [0.1, 0.15) is 12.4 Å². The van der Waals surface area contributed by atoms with Gasteiger partial charge in [0.25, 0.3) is 0 Å². The summed E-state index contributed by atoms with van der Waals surface area (Å²) in [6.45, 7) is 8.77. The van der Waals surface area contributed by atoms with Gasteiger partial charge in [-0.05, 0) is 37.0 Å². The highest BCUT2D eigenvalue weighted by atomic mass is 16.5. The highest BCUT2D eigenvalue weighted by Crippen LogP contribution is 2.24.